The van der Waals surface area contributed by atoms with Gasteiger partial charge in [0.15, 0.2) is 0 Å². The number of anilines is 1. The molecule has 0 aliphatic carbocycles. The first-order chi connectivity index (χ1) is 9.93. The summed E-state index contributed by atoms with van der Waals surface area (Å²) in [6, 6.07) is 8.34. The molecular weight excluding hydrogens is 342 g/mol. The Morgan fingerprint density at radius 3 is 2.62 bits per heavy atom. The molecule has 0 unspecified atom stereocenters. The van der Waals surface area contributed by atoms with Gasteiger partial charge in [0, 0.05) is 15.7 Å². The van der Waals surface area contributed by atoms with Crippen molar-refractivity contribution < 1.29 is 13.6 Å². The Balaban J connectivity index is 2.41. The molecule has 2 aromatic carbocycles. The molecular formula is C15H9BrF2N2O. The van der Waals surface area contributed by atoms with Crippen LogP contribution in [0, 0.1) is 29.9 Å². The molecule has 106 valence electrons. The number of hydrogen-bond donors (Lipinski definition) is 1. The minimum atomic E-state index is -0.724. The highest BCUT2D eigenvalue weighted by molar-refractivity contribution is 9.10. The van der Waals surface area contributed by atoms with Crippen molar-refractivity contribution in [1.29, 1.82) is 5.26 Å². The van der Waals surface area contributed by atoms with Gasteiger partial charge in [0.2, 0.25) is 0 Å². The van der Waals surface area contributed by atoms with E-state index in [2.05, 4.69) is 21.2 Å². The summed E-state index contributed by atoms with van der Waals surface area (Å²) in [6.07, 6.45) is 0. The first-order valence-corrected chi connectivity index (χ1v) is 6.69. The fourth-order valence-electron chi connectivity index (χ4n) is 1.77. The van der Waals surface area contributed by atoms with E-state index in [1.165, 1.54) is 25.1 Å². The molecule has 0 saturated heterocycles. The maximum atomic E-state index is 13.7. The average Bonchev–Trinajstić information content (AvgIpc) is 2.43. The molecule has 0 bridgehead atoms. The van der Waals surface area contributed by atoms with Crippen LogP contribution < -0.4 is 5.32 Å². The fraction of sp³-hybridized carbons (Fsp3) is 0.0667. The average molecular weight is 351 g/mol. The second kappa shape index (κ2) is 6.02. The topological polar surface area (TPSA) is 52.9 Å². The van der Waals surface area contributed by atoms with E-state index in [9.17, 15) is 13.6 Å². The molecule has 1 amide bonds. The van der Waals surface area contributed by atoms with E-state index in [4.69, 9.17) is 5.26 Å². The van der Waals surface area contributed by atoms with Crippen LogP contribution in [0.1, 0.15) is 21.5 Å². The molecule has 0 atom stereocenters. The van der Waals surface area contributed by atoms with E-state index in [1.807, 2.05) is 0 Å². The van der Waals surface area contributed by atoms with Crippen LogP contribution in [0.2, 0.25) is 0 Å². The van der Waals surface area contributed by atoms with Crippen LogP contribution in [-0.4, -0.2) is 5.91 Å². The van der Waals surface area contributed by atoms with Crippen LogP contribution in [0.25, 0.3) is 0 Å². The fourth-order valence-corrected chi connectivity index (χ4v) is 2.29. The second-order valence-electron chi connectivity index (χ2n) is 4.29. The Kier molecular flexibility index (Phi) is 4.34. The number of nitriles is 1. The number of carbonyl (C=O) groups is 1. The van der Waals surface area contributed by atoms with Crippen molar-refractivity contribution >= 4 is 27.5 Å². The van der Waals surface area contributed by atoms with E-state index in [0.29, 0.717) is 0 Å². The number of carbonyl (C=O) groups excluding carboxylic acids is 1. The van der Waals surface area contributed by atoms with E-state index in [-0.39, 0.29) is 26.9 Å². The smallest absolute Gasteiger partial charge is 0.259 e. The summed E-state index contributed by atoms with van der Waals surface area (Å²) < 4.78 is 27.7. The lowest BCUT2D eigenvalue weighted by molar-refractivity contribution is 0.102. The van der Waals surface area contributed by atoms with Gasteiger partial charge in [0.25, 0.3) is 5.91 Å². The number of amides is 1. The molecule has 2 aromatic rings. The predicted octanol–water partition coefficient (Wildman–Crippen LogP) is 4.16. The molecule has 21 heavy (non-hydrogen) atoms. The van der Waals surface area contributed by atoms with E-state index in [1.54, 1.807) is 6.07 Å². The Bertz CT molecular complexity index is 749. The lowest BCUT2D eigenvalue weighted by Gasteiger charge is -2.11. The summed E-state index contributed by atoms with van der Waals surface area (Å²) in [5.41, 5.74) is 0.196. The number of hydrogen-bond acceptors (Lipinski definition) is 2. The highest BCUT2D eigenvalue weighted by atomic mass is 79.9. The molecule has 0 fully saturated rings. The zero-order valence-electron chi connectivity index (χ0n) is 10.9. The zero-order valence-corrected chi connectivity index (χ0v) is 12.5. The Hall–Kier alpha value is -2.26. The minimum Gasteiger partial charge on any atom is -0.321 e. The van der Waals surface area contributed by atoms with E-state index in [0.717, 1.165) is 12.1 Å². The third-order valence-corrected chi connectivity index (χ3v) is 3.57. The maximum absolute atomic E-state index is 13.7. The van der Waals surface area contributed by atoms with Crippen molar-refractivity contribution in [3.63, 3.8) is 0 Å². The summed E-state index contributed by atoms with van der Waals surface area (Å²) >= 11 is 3.09. The standard InChI is InChI=1S/C15H9BrF2N2O/c1-8-12(18)5-9(7-19)6-13(8)20-15(21)14-10(16)3-2-4-11(14)17/h2-6H,1H3,(H,20,21). The lowest BCUT2D eigenvalue weighted by Crippen LogP contribution is -2.15. The van der Waals surface area contributed by atoms with Gasteiger partial charge >= 0.3 is 0 Å². The lowest BCUT2D eigenvalue weighted by atomic mass is 10.1. The second-order valence-corrected chi connectivity index (χ2v) is 5.15. The highest BCUT2D eigenvalue weighted by Gasteiger charge is 2.17. The Morgan fingerprint density at radius 1 is 1.29 bits per heavy atom. The number of halogens is 3. The van der Waals surface area contributed by atoms with Gasteiger partial charge in [-0.2, -0.15) is 5.26 Å². The van der Waals surface area contributed by atoms with Crippen molar-refractivity contribution in [1.82, 2.24) is 0 Å². The molecule has 0 aromatic heterocycles. The molecule has 0 saturated carbocycles. The summed E-state index contributed by atoms with van der Waals surface area (Å²) in [5, 5.41) is 11.2. The van der Waals surface area contributed by atoms with Crippen molar-refractivity contribution in [3.8, 4) is 6.07 Å². The molecule has 1 N–H and O–H groups in total. The summed E-state index contributed by atoms with van der Waals surface area (Å²) in [6.45, 7) is 1.46. The summed E-state index contributed by atoms with van der Waals surface area (Å²) in [7, 11) is 0. The van der Waals surface area contributed by atoms with Crippen LogP contribution in [0.4, 0.5) is 14.5 Å². The monoisotopic (exact) mass is 350 g/mol. The highest BCUT2D eigenvalue weighted by Crippen LogP contribution is 2.24. The number of benzene rings is 2. The van der Waals surface area contributed by atoms with Gasteiger partial charge in [-0.1, -0.05) is 6.07 Å². The molecule has 6 heteroatoms. The first-order valence-electron chi connectivity index (χ1n) is 5.89. The number of nitrogens with zero attached hydrogens (tertiary/aromatic N) is 1. The number of nitrogens with one attached hydrogen (secondary N) is 1. The van der Waals surface area contributed by atoms with E-state index >= 15 is 0 Å². The third kappa shape index (κ3) is 3.09. The Morgan fingerprint density at radius 2 is 2.00 bits per heavy atom. The van der Waals surface area contributed by atoms with Gasteiger partial charge in [-0.05, 0) is 47.1 Å². The van der Waals surface area contributed by atoms with Crippen LogP contribution >= 0.6 is 15.9 Å². The maximum Gasteiger partial charge on any atom is 0.259 e. The van der Waals surface area contributed by atoms with Crippen molar-refractivity contribution in [2.45, 2.75) is 6.92 Å². The largest absolute Gasteiger partial charge is 0.321 e. The quantitative estimate of drug-likeness (QED) is 0.883. The van der Waals surface area contributed by atoms with Crippen LogP contribution in [0.5, 0.6) is 0 Å². The van der Waals surface area contributed by atoms with Crippen LogP contribution in [0.15, 0.2) is 34.8 Å². The zero-order chi connectivity index (χ0) is 15.6. The van der Waals surface area contributed by atoms with Gasteiger partial charge < -0.3 is 5.32 Å². The molecule has 0 aliphatic heterocycles. The van der Waals surface area contributed by atoms with E-state index < -0.39 is 17.5 Å². The first kappa shape index (κ1) is 15.1. The van der Waals surface area contributed by atoms with Gasteiger partial charge in [0.05, 0.1) is 17.2 Å². The predicted molar refractivity (Wildman–Crippen MR) is 77.9 cm³/mol. The molecule has 0 heterocycles. The van der Waals surface area contributed by atoms with Crippen LogP contribution in [-0.2, 0) is 0 Å². The molecule has 0 radical (unpaired) electrons. The third-order valence-electron chi connectivity index (χ3n) is 2.91. The number of rotatable bonds is 2. The molecule has 0 aliphatic rings. The van der Waals surface area contributed by atoms with Crippen molar-refractivity contribution in [3.05, 3.63) is 63.1 Å². The van der Waals surface area contributed by atoms with Gasteiger partial charge in [-0.25, -0.2) is 8.78 Å². The van der Waals surface area contributed by atoms with Gasteiger partial charge in [0.1, 0.15) is 11.6 Å². The molecule has 3 nitrogen and oxygen atoms in total. The van der Waals surface area contributed by atoms with Crippen LogP contribution in [0.3, 0.4) is 0 Å². The molecule has 2 rings (SSSR count). The van der Waals surface area contributed by atoms with Crippen molar-refractivity contribution in [2.75, 3.05) is 5.32 Å². The summed E-state index contributed by atoms with van der Waals surface area (Å²) in [4.78, 5) is 12.1. The SMILES string of the molecule is Cc1c(F)cc(C#N)cc1NC(=O)c1c(F)cccc1Br. The molecule has 0 spiro atoms. The minimum absolute atomic E-state index is 0.0704. The van der Waals surface area contributed by atoms with Crippen molar-refractivity contribution in [2.24, 2.45) is 0 Å². The Labute approximate surface area is 128 Å². The van der Waals surface area contributed by atoms with Gasteiger partial charge in [-0.15, -0.1) is 0 Å². The van der Waals surface area contributed by atoms with Gasteiger partial charge in [-0.3, -0.25) is 4.79 Å². The summed E-state index contributed by atoms with van der Waals surface area (Å²) in [5.74, 6) is -2.04. The normalized spacial score (nSPS) is 10.0.